The SMILES string of the molecule is O=C(CCc1ccc(S(=O)(=O)N2CCOCC2)cc1)N1CCC[C@H]2CCCC[C@H]21. The van der Waals surface area contributed by atoms with Gasteiger partial charge in [-0.25, -0.2) is 8.42 Å². The summed E-state index contributed by atoms with van der Waals surface area (Å²) in [5, 5.41) is 0. The van der Waals surface area contributed by atoms with Crippen LogP contribution in [0.1, 0.15) is 50.5 Å². The summed E-state index contributed by atoms with van der Waals surface area (Å²) in [6, 6.07) is 7.48. The normalized spacial score (nSPS) is 26.1. The molecule has 1 aromatic carbocycles. The Hall–Kier alpha value is -1.44. The lowest BCUT2D eigenvalue weighted by Gasteiger charge is -2.44. The summed E-state index contributed by atoms with van der Waals surface area (Å²) >= 11 is 0. The summed E-state index contributed by atoms with van der Waals surface area (Å²) in [5.41, 5.74) is 1.01. The average molecular weight is 421 g/mol. The summed E-state index contributed by atoms with van der Waals surface area (Å²) in [4.78, 5) is 15.3. The van der Waals surface area contributed by atoms with E-state index in [1.54, 1.807) is 12.1 Å². The van der Waals surface area contributed by atoms with Gasteiger partial charge in [-0.1, -0.05) is 25.0 Å². The molecule has 2 aliphatic heterocycles. The number of sulfonamides is 1. The average Bonchev–Trinajstić information content (AvgIpc) is 2.78. The lowest BCUT2D eigenvalue weighted by molar-refractivity contribution is -0.137. The van der Waals surface area contributed by atoms with E-state index in [0.29, 0.717) is 56.0 Å². The molecule has 29 heavy (non-hydrogen) atoms. The van der Waals surface area contributed by atoms with Crippen molar-refractivity contribution < 1.29 is 17.9 Å². The highest BCUT2D eigenvalue weighted by molar-refractivity contribution is 7.89. The number of rotatable bonds is 5. The van der Waals surface area contributed by atoms with Crippen LogP contribution in [0.2, 0.25) is 0 Å². The summed E-state index contributed by atoms with van der Waals surface area (Å²) < 4.78 is 32.2. The number of aryl methyl sites for hydroxylation is 1. The number of hydrogen-bond donors (Lipinski definition) is 0. The van der Waals surface area contributed by atoms with Gasteiger partial charge in [-0.15, -0.1) is 0 Å². The molecule has 1 amide bonds. The van der Waals surface area contributed by atoms with Crippen molar-refractivity contribution in [1.29, 1.82) is 0 Å². The zero-order chi connectivity index (χ0) is 20.3. The number of nitrogens with zero attached hydrogens (tertiary/aromatic N) is 2. The van der Waals surface area contributed by atoms with Crippen molar-refractivity contribution in [2.45, 2.75) is 62.3 Å². The molecule has 3 aliphatic rings. The Kier molecular flexibility index (Phi) is 6.56. The quantitative estimate of drug-likeness (QED) is 0.735. The molecule has 2 saturated heterocycles. The number of morpholine rings is 1. The number of ether oxygens (including phenoxy) is 1. The van der Waals surface area contributed by atoms with Crippen molar-refractivity contribution in [2.75, 3.05) is 32.8 Å². The van der Waals surface area contributed by atoms with E-state index in [9.17, 15) is 13.2 Å². The number of carbonyl (C=O) groups excluding carboxylic acids is 1. The minimum absolute atomic E-state index is 0.256. The standard InChI is InChI=1S/C22H32N2O4S/c25-22(24-13-3-5-19-4-1-2-6-21(19)24)12-9-18-7-10-20(11-8-18)29(26,27)23-14-16-28-17-15-23/h7-8,10-11,19,21H,1-6,9,12-17H2/t19-,21-/m1/s1. The number of carbonyl (C=O) groups is 1. The maximum absolute atomic E-state index is 12.9. The molecule has 1 aliphatic carbocycles. The zero-order valence-corrected chi connectivity index (χ0v) is 17.9. The minimum Gasteiger partial charge on any atom is -0.379 e. The molecule has 0 radical (unpaired) electrons. The van der Waals surface area contributed by atoms with Gasteiger partial charge in [-0.05, 0) is 55.7 Å². The topological polar surface area (TPSA) is 66.9 Å². The predicted octanol–water partition coefficient (Wildman–Crippen LogP) is 2.82. The van der Waals surface area contributed by atoms with Gasteiger partial charge in [0.05, 0.1) is 18.1 Å². The van der Waals surface area contributed by atoms with Crippen molar-refractivity contribution in [3.05, 3.63) is 29.8 Å². The molecule has 7 heteroatoms. The fourth-order valence-corrected chi connectivity index (χ4v) is 6.50. The van der Waals surface area contributed by atoms with Crippen LogP contribution in [0.5, 0.6) is 0 Å². The van der Waals surface area contributed by atoms with Crippen LogP contribution in [0, 0.1) is 5.92 Å². The van der Waals surface area contributed by atoms with E-state index >= 15 is 0 Å². The molecule has 2 atom stereocenters. The van der Waals surface area contributed by atoms with E-state index in [1.165, 1.54) is 30.0 Å². The summed E-state index contributed by atoms with van der Waals surface area (Å²) in [6.45, 7) is 2.58. The Morgan fingerprint density at radius 1 is 0.966 bits per heavy atom. The smallest absolute Gasteiger partial charge is 0.243 e. The van der Waals surface area contributed by atoms with Crippen molar-refractivity contribution in [1.82, 2.24) is 9.21 Å². The summed E-state index contributed by atoms with van der Waals surface area (Å²) in [7, 11) is -3.46. The van der Waals surface area contributed by atoms with E-state index in [4.69, 9.17) is 4.74 Å². The third kappa shape index (κ3) is 4.67. The first kappa shape index (κ1) is 20.8. The Morgan fingerprint density at radius 3 is 2.41 bits per heavy atom. The van der Waals surface area contributed by atoms with Gasteiger partial charge in [0.2, 0.25) is 15.9 Å². The largest absolute Gasteiger partial charge is 0.379 e. The highest BCUT2D eigenvalue weighted by Gasteiger charge is 2.35. The molecule has 1 aromatic rings. The Morgan fingerprint density at radius 2 is 1.66 bits per heavy atom. The van der Waals surface area contributed by atoms with E-state index in [2.05, 4.69) is 4.90 Å². The second kappa shape index (κ2) is 9.14. The van der Waals surface area contributed by atoms with Crippen LogP contribution in [-0.2, 0) is 26.0 Å². The molecular weight excluding hydrogens is 388 g/mol. The third-order valence-corrected chi connectivity index (χ3v) is 8.64. The number of likely N-dealkylation sites (tertiary alicyclic amines) is 1. The molecule has 2 heterocycles. The molecule has 1 saturated carbocycles. The minimum atomic E-state index is -3.46. The number of hydrogen-bond acceptors (Lipinski definition) is 4. The fourth-order valence-electron chi connectivity index (χ4n) is 5.09. The maximum atomic E-state index is 12.9. The number of amides is 1. The van der Waals surface area contributed by atoms with Gasteiger partial charge in [0.1, 0.15) is 0 Å². The molecule has 160 valence electrons. The van der Waals surface area contributed by atoms with Gasteiger partial charge in [-0.3, -0.25) is 4.79 Å². The van der Waals surface area contributed by atoms with Gasteiger partial charge in [-0.2, -0.15) is 4.31 Å². The fraction of sp³-hybridized carbons (Fsp3) is 0.682. The Balaban J connectivity index is 1.34. The van der Waals surface area contributed by atoms with Gasteiger partial charge in [0.15, 0.2) is 0 Å². The van der Waals surface area contributed by atoms with Crippen LogP contribution in [0.4, 0.5) is 0 Å². The van der Waals surface area contributed by atoms with Crippen LogP contribution in [-0.4, -0.2) is 62.4 Å². The van der Waals surface area contributed by atoms with Crippen molar-refractivity contribution in [3.8, 4) is 0 Å². The number of piperidine rings is 1. The van der Waals surface area contributed by atoms with Gasteiger partial charge in [0.25, 0.3) is 0 Å². The number of benzene rings is 1. The second-order valence-electron chi connectivity index (χ2n) is 8.50. The summed E-state index contributed by atoms with van der Waals surface area (Å²) in [5.74, 6) is 0.956. The first-order valence-corrected chi connectivity index (χ1v) is 12.5. The highest BCUT2D eigenvalue weighted by Crippen LogP contribution is 2.35. The zero-order valence-electron chi connectivity index (χ0n) is 17.1. The maximum Gasteiger partial charge on any atom is 0.243 e. The number of fused-ring (bicyclic) bond motifs is 1. The molecule has 0 spiro atoms. The van der Waals surface area contributed by atoms with Crippen LogP contribution < -0.4 is 0 Å². The van der Waals surface area contributed by atoms with Crippen LogP contribution in [0.15, 0.2) is 29.2 Å². The van der Waals surface area contributed by atoms with Gasteiger partial charge >= 0.3 is 0 Å². The van der Waals surface area contributed by atoms with E-state index in [1.807, 2.05) is 12.1 Å². The first-order chi connectivity index (χ1) is 14.1. The molecule has 3 fully saturated rings. The predicted molar refractivity (Wildman–Crippen MR) is 111 cm³/mol. The second-order valence-corrected chi connectivity index (χ2v) is 10.4. The van der Waals surface area contributed by atoms with E-state index in [-0.39, 0.29) is 5.91 Å². The van der Waals surface area contributed by atoms with Gasteiger partial charge < -0.3 is 9.64 Å². The first-order valence-electron chi connectivity index (χ1n) is 11.0. The monoisotopic (exact) mass is 420 g/mol. The van der Waals surface area contributed by atoms with Crippen molar-refractivity contribution >= 4 is 15.9 Å². The molecule has 0 bridgehead atoms. The lowest BCUT2D eigenvalue weighted by atomic mass is 9.78. The molecular formula is C22H32N2O4S. The van der Waals surface area contributed by atoms with E-state index in [0.717, 1.165) is 24.9 Å². The Bertz CT molecular complexity index is 801. The third-order valence-electron chi connectivity index (χ3n) is 6.72. The molecule has 6 nitrogen and oxygen atoms in total. The summed E-state index contributed by atoms with van der Waals surface area (Å²) in [6.07, 6.45) is 8.53. The van der Waals surface area contributed by atoms with Crippen molar-refractivity contribution in [3.63, 3.8) is 0 Å². The lowest BCUT2D eigenvalue weighted by Crippen LogP contribution is -2.49. The van der Waals surface area contributed by atoms with Crippen molar-refractivity contribution in [2.24, 2.45) is 5.92 Å². The molecule has 0 unspecified atom stereocenters. The van der Waals surface area contributed by atoms with E-state index < -0.39 is 10.0 Å². The molecule has 0 N–H and O–H groups in total. The van der Waals surface area contributed by atoms with Crippen LogP contribution in [0.25, 0.3) is 0 Å². The Labute approximate surface area is 174 Å². The molecule has 4 rings (SSSR count). The highest BCUT2D eigenvalue weighted by atomic mass is 32.2. The molecule has 0 aromatic heterocycles. The van der Waals surface area contributed by atoms with Crippen LogP contribution in [0.3, 0.4) is 0 Å². The van der Waals surface area contributed by atoms with Crippen LogP contribution >= 0.6 is 0 Å². The van der Waals surface area contributed by atoms with Gasteiger partial charge in [0, 0.05) is 32.1 Å².